The molecule has 1 saturated carbocycles. The van der Waals surface area contributed by atoms with Crippen molar-refractivity contribution in [2.24, 2.45) is 5.73 Å². The molecule has 1 rings (SSSR count). The van der Waals surface area contributed by atoms with E-state index in [2.05, 4.69) is 11.0 Å². The first-order valence-corrected chi connectivity index (χ1v) is 6.52. The summed E-state index contributed by atoms with van der Waals surface area (Å²) in [5.41, 5.74) is 5.13. The van der Waals surface area contributed by atoms with Gasteiger partial charge in [0.25, 0.3) is 0 Å². The van der Waals surface area contributed by atoms with Crippen molar-refractivity contribution in [3.05, 3.63) is 0 Å². The Morgan fingerprint density at radius 1 is 1.41 bits per heavy atom. The van der Waals surface area contributed by atoms with Gasteiger partial charge in [0.15, 0.2) is 0 Å². The van der Waals surface area contributed by atoms with Crippen LogP contribution < -0.4 is 5.73 Å². The lowest BCUT2D eigenvalue weighted by atomic mass is 9.98. The third-order valence-corrected chi connectivity index (χ3v) is 3.29. The summed E-state index contributed by atoms with van der Waals surface area (Å²) in [5.74, 6) is 0. The van der Waals surface area contributed by atoms with Crippen LogP contribution in [0.5, 0.6) is 0 Å². The molecule has 1 aliphatic carbocycles. The first-order valence-electron chi connectivity index (χ1n) is 6.52. The van der Waals surface area contributed by atoms with Crippen molar-refractivity contribution in [1.82, 2.24) is 4.90 Å². The van der Waals surface area contributed by atoms with Crippen molar-refractivity contribution in [3.8, 4) is 6.07 Å². The smallest absolute Gasteiger partial charge is 0.101 e. The van der Waals surface area contributed by atoms with Gasteiger partial charge < -0.3 is 10.5 Å². The topological polar surface area (TPSA) is 62.3 Å². The zero-order valence-electron chi connectivity index (χ0n) is 11.1. The fourth-order valence-corrected chi connectivity index (χ4v) is 1.99. The molecule has 0 aliphatic heterocycles. The number of hydrogen-bond donors (Lipinski definition) is 1. The highest BCUT2D eigenvalue weighted by molar-refractivity contribution is 5.00. The fraction of sp³-hybridized carbons (Fsp3) is 0.923. The maximum atomic E-state index is 8.81. The number of rotatable bonds is 9. The predicted octanol–water partition coefficient (Wildman–Crippen LogP) is 1.51. The molecule has 0 saturated heterocycles. The van der Waals surface area contributed by atoms with Gasteiger partial charge in [-0.25, -0.2) is 0 Å². The minimum Gasteiger partial charge on any atom is -0.383 e. The highest BCUT2D eigenvalue weighted by Crippen LogP contribution is 2.27. The number of hydrogen-bond acceptors (Lipinski definition) is 4. The zero-order chi connectivity index (χ0) is 12.7. The highest BCUT2D eigenvalue weighted by Gasteiger charge is 2.28. The van der Waals surface area contributed by atoms with Crippen molar-refractivity contribution in [2.75, 3.05) is 26.8 Å². The first kappa shape index (κ1) is 14.4. The number of nitriles is 1. The van der Waals surface area contributed by atoms with Gasteiger partial charge in [-0.3, -0.25) is 4.90 Å². The third-order valence-electron chi connectivity index (χ3n) is 3.29. The van der Waals surface area contributed by atoms with Gasteiger partial charge in [-0.05, 0) is 45.6 Å². The van der Waals surface area contributed by atoms with Gasteiger partial charge in [0.05, 0.1) is 12.7 Å². The molecular weight excluding hydrogens is 214 g/mol. The number of ether oxygens (including phenoxy) is 1. The maximum Gasteiger partial charge on any atom is 0.101 e. The summed E-state index contributed by atoms with van der Waals surface area (Å²) >= 11 is 0. The normalized spacial score (nSPS) is 19.0. The Morgan fingerprint density at radius 3 is 2.65 bits per heavy atom. The molecule has 4 heteroatoms. The quantitative estimate of drug-likeness (QED) is 0.619. The van der Waals surface area contributed by atoms with Gasteiger partial charge >= 0.3 is 0 Å². The SMILES string of the molecule is COCCN(CCCCC(C)(N)C#N)C1CC1. The largest absolute Gasteiger partial charge is 0.383 e. The molecule has 0 bridgehead atoms. The summed E-state index contributed by atoms with van der Waals surface area (Å²) < 4.78 is 5.12. The van der Waals surface area contributed by atoms with Crippen molar-refractivity contribution in [2.45, 2.75) is 50.6 Å². The number of nitrogens with zero attached hydrogens (tertiary/aromatic N) is 2. The van der Waals surface area contributed by atoms with Crippen molar-refractivity contribution >= 4 is 0 Å². The van der Waals surface area contributed by atoms with Crippen molar-refractivity contribution < 1.29 is 4.74 Å². The van der Waals surface area contributed by atoms with E-state index in [0.29, 0.717) is 0 Å². The van der Waals surface area contributed by atoms with Crippen LogP contribution in [0.2, 0.25) is 0 Å². The highest BCUT2D eigenvalue weighted by atomic mass is 16.5. The lowest BCUT2D eigenvalue weighted by Gasteiger charge is -2.22. The van der Waals surface area contributed by atoms with Gasteiger partial charge in [-0.15, -0.1) is 0 Å². The zero-order valence-corrected chi connectivity index (χ0v) is 11.1. The van der Waals surface area contributed by atoms with Crippen LogP contribution in [0.15, 0.2) is 0 Å². The molecule has 1 fully saturated rings. The monoisotopic (exact) mass is 239 g/mol. The molecule has 1 aliphatic rings. The molecule has 0 heterocycles. The second-order valence-electron chi connectivity index (χ2n) is 5.25. The van der Waals surface area contributed by atoms with E-state index in [4.69, 9.17) is 15.7 Å². The molecule has 1 atom stereocenters. The van der Waals surface area contributed by atoms with E-state index < -0.39 is 5.54 Å². The molecule has 0 radical (unpaired) electrons. The minimum atomic E-state index is -0.656. The molecule has 0 aromatic heterocycles. The maximum absolute atomic E-state index is 8.81. The summed E-state index contributed by atoms with van der Waals surface area (Å²) in [6.45, 7) is 4.74. The molecule has 98 valence electrons. The van der Waals surface area contributed by atoms with Crippen LogP contribution in [-0.4, -0.2) is 43.3 Å². The Labute approximate surface area is 105 Å². The van der Waals surface area contributed by atoms with Gasteiger partial charge in [0.1, 0.15) is 5.54 Å². The van der Waals surface area contributed by atoms with Gasteiger partial charge in [0, 0.05) is 19.7 Å². The average molecular weight is 239 g/mol. The van der Waals surface area contributed by atoms with E-state index >= 15 is 0 Å². The summed E-state index contributed by atoms with van der Waals surface area (Å²) in [6.07, 6.45) is 5.59. The Hall–Kier alpha value is -0.630. The second kappa shape index (κ2) is 6.95. The van der Waals surface area contributed by atoms with Crippen LogP contribution in [0, 0.1) is 11.3 Å². The van der Waals surface area contributed by atoms with Gasteiger partial charge in [-0.2, -0.15) is 5.26 Å². The molecule has 0 spiro atoms. The van der Waals surface area contributed by atoms with Gasteiger partial charge in [-0.1, -0.05) is 0 Å². The molecule has 0 aromatic rings. The summed E-state index contributed by atoms with van der Waals surface area (Å²) in [7, 11) is 1.75. The second-order valence-corrected chi connectivity index (χ2v) is 5.25. The molecule has 1 unspecified atom stereocenters. The Balaban J connectivity index is 2.12. The standard InChI is InChI=1S/C13H25N3O/c1-13(15,11-14)7-3-4-8-16(9-10-17-2)12-5-6-12/h12H,3-10,15H2,1-2H3. The average Bonchev–Trinajstić information content (AvgIpc) is 3.12. The Kier molecular flexibility index (Phi) is 5.90. The molecular formula is C13H25N3O. The first-order chi connectivity index (χ1) is 8.09. The van der Waals surface area contributed by atoms with Crippen LogP contribution in [-0.2, 0) is 4.74 Å². The lowest BCUT2D eigenvalue weighted by Crippen LogP contribution is -2.34. The van der Waals surface area contributed by atoms with E-state index in [1.807, 2.05) is 0 Å². The van der Waals surface area contributed by atoms with E-state index in [1.165, 1.54) is 12.8 Å². The molecule has 0 aromatic carbocycles. The summed E-state index contributed by atoms with van der Waals surface area (Å²) in [6, 6.07) is 2.93. The van der Waals surface area contributed by atoms with Crippen LogP contribution in [0.3, 0.4) is 0 Å². The lowest BCUT2D eigenvalue weighted by molar-refractivity contribution is 0.142. The van der Waals surface area contributed by atoms with Crippen LogP contribution in [0.4, 0.5) is 0 Å². The molecule has 0 amide bonds. The molecule has 17 heavy (non-hydrogen) atoms. The summed E-state index contributed by atoms with van der Waals surface area (Å²) in [4.78, 5) is 2.50. The Bertz CT molecular complexity index is 256. The number of unbranched alkanes of at least 4 members (excludes halogenated alkanes) is 1. The van der Waals surface area contributed by atoms with E-state index in [9.17, 15) is 0 Å². The summed E-state index contributed by atoms with van der Waals surface area (Å²) in [5, 5.41) is 8.81. The number of methoxy groups -OCH3 is 1. The fourth-order valence-electron chi connectivity index (χ4n) is 1.99. The van der Waals surface area contributed by atoms with E-state index in [1.54, 1.807) is 14.0 Å². The van der Waals surface area contributed by atoms with Crippen molar-refractivity contribution in [1.29, 1.82) is 5.26 Å². The molecule has 2 N–H and O–H groups in total. The minimum absolute atomic E-state index is 0.656. The van der Waals surface area contributed by atoms with Crippen molar-refractivity contribution in [3.63, 3.8) is 0 Å². The molecule has 4 nitrogen and oxygen atoms in total. The van der Waals surface area contributed by atoms with Crippen LogP contribution >= 0.6 is 0 Å². The van der Waals surface area contributed by atoms with Crippen LogP contribution in [0.1, 0.15) is 39.0 Å². The van der Waals surface area contributed by atoms with E-state index in [-0.39, 0.29) is 0 Å². The third kappa shape index (κ3) is 6.02. The predicted molar refractivity (Wildman–Crippen MR) is 68.5 cm³/mol. The van der Waals surface area contributed by atoms with E-state index in [0.717, 1.165) is 45.0 Å². The van der Waals surface area contributed by atoms with Gasteiger partial charge in [0.2, 0.25) is 0 Å². The van der Waals surface area contributed by atoms with Crippen LogP contribution in [0.25, 0.3) is 0 Å². The Morgan fingerprint density at radius 2 is 2.12 bits per heavy atom. The number of nitrogens with two attached hydrogens (primary N) is 1.